The molecule has 2 aromatic carbocycles. The minimum Gasteiger partial charge on any atom is -0.375 e. The van der Waals surface area contributed by atoms with Gasteiger partial charge in [0.05, 0.1) is 4.92 Å². The molecule has 0 bridgehead atoms. The first kappa shape index (κ1) is 19.7. The van der Waals surface area contributed by atoms with Crippen LogP contribution in [0.25, 0.3) is 12.2 Å². The zero-order chi connectivity index (χ0) is 18.8. The van der Waals surface area contributed by atoms with Gasteiger partial charge in [0, 0.05) is 31.4 Å². The predicted octanol–water partition coefficient (Wildman–Crippen LogP) is 6.17. The molecular formula is C22H28N2O2. The molecule has 4 heteroatoms. The van der Waals surface area contributed by atoms with E-state index in [9.17, 15) is 10.1 Å². The Morgan fingerprint density at radius 1 is 0.885 bits per heavy atom. The van der Waals surface area contributed by atoms with Crippen molar-refractivity contribution in [3.8, 4) is 0 Å². The fraction of sp³-hybridized carbons (Fsp3) is 0.364. The minimum atomic E-state index is -0.382. The highest BCUT2D eigenvalue weighted by atomic mass is 16.6. The number of nitro benzene ring substituents is 1. The van der Waals surface area contributed by atoms with Gasteiger partial charge in [-0.1, -0.05) is 56.9 Å². The van der Waals surface area contributed by atoms with E-state index in [1.165, 1.54) is 49.9 Å². The summed E-state index contributed by atoms with van der Waals surface area (Å²) in [5.74, 6) is 0. The maximum absolute atomic E-state index is 10.7. The van der Waals surface area contributed by atoms with Crippen molar-refractivity contribution in [3.05, 3.63) is 69.8 Å². The van der Waals surface area contributed by atoms with E-state index < -0.39 is 0 Å². The summed E-state index contributed by atoms with van der Waals surface area (Å²) in [5.41, 5.74) is 3.41. The maximum Gasteiger partial charge on any atom is 0.269 e. The van der Waals surface area contributed by atoms with E-state index in [2.05, 4.69) is 43.1 Å². The van der Waals surface area contributed by atoms with Crippen molar-refractivity contribution in [1.29, 1.82) is 0 Å². The van der Waals surface area contributed by atoms with E-state index in [-0.39, 0.29) is 10.6 Å². The van der Waals surface area contributed by atoms with Crippen LogP contribution in [0.3, 0.4) is 0 Å². The van der Waals surface area contributed by atoms with Crippen LogP contribution in [0, 0.1) is 10.1 Å². The first-order chi connectivity index (χ1) is 12.6. The lowest BCUT2D eigenvalue weighted by atomic mass is 10.1. The molecule has 0 aliphatic rings. The molecule has 0 radical (unpaired) electrons. The van der Waals surface area contributed by atoms with Gasteiger partial charge in [-0.2, -0.15) is 0 Å². The third kappa shape index (κ3) is 6.36. The van der Waals surface area contributed by atoms with Crippen molar-refractivity contribution >= 4 is 23.5 Å². The molecule has 138 valence electrons. The van der Waals surface area contributed by atoms with Crippen LogP contribution in [0.5, 0.6) is 0 Å². The zero-order valence-corrected chi connectivity index (χ0v) is 15.7. The number of hydrogen-bond donors (Lipinski definition) is 0. The molecule has 0 heterocycles. The van der Waals surface area contributed by atoms with Crippen LogP contribution in [0.15, 0.2) is 48.5 Å². The number of benzene rings is 2. The van der Waals surface area contributed by atoms with Gasteiger partial charge in [0.15, 0.2) is 0 Å². The second kappa shape index (κ2) is 10.4. The van der Waals surface area contributed by atoms with Crippen LogP contribution in [0.1, 0.15) is 50.2 Å². The van der Waals surface area contributed by atoms with E-state index in [4.69, 9.17) is 0 Å². The summed E-state index contributed by atoms with van der Waals surface area (Å²) in [7, 11) is 2.14. The highest BCUT2D eigenvalue weighted by molar-refractivity contribution is 5.70. The van der Waals surface area contributed by atoms with E-state index in [1.54, 1.807) is 12.1 Å². The van der Waals surface area contributed by atoms with Crippen LogP contribution < -0.4 is 4.90 Å². The molecule has 26 heavy (non-hydrogen) atoms. The topological polar surface area (TPSA) is 46.4 Å². The number of rotatable bonds is 10. The van der Waals surface area contributed by atoms with Gasteiger partial charge < -0.3 is 4.90 Å². The molecule has 0 N–H and O–H groups in total. The lowest BCUT2D eigenvalue weighted by molar-refractivity contribution is -0.384. The third-order valence-electron chi connectivity index (χ3n) is 4.50. The third-order valence-corrected chi connectivity index (χ3v) is 4.50. The molecule has 0 fully saturated rings. The summed E-state index contributed by atoms with van der Waals surface area (Å²) in [4.78, 5) is 12.6. The number of anilines is 1. The molecule has 0 saturated carbocycles. The summed E-state index contributed by atoms with van der Waals surface area (Å²) in [5, 5.41) is 10.7. The van der Waals surface area contributed by atoms with Gasteiger partial charge in [-0.15, -0.1) is 0 Å². The van der Waals surface area contributed by atoms with Crippen LogP contribution in [-0.2, 0) is 0 Å². The van der Waals surface area contributed by atoms with E-state index in [0.29, 0.717) is 0 Å². The van der Waals surface area contributed by atoms with Crippen LogP contribution in [-0.4, -0.2) is 18.5 Å². The SMILES string of the molecule is CCCCCCCN(C)c1ccc(/C=C/c2ccc([N+](=O)[O-])cc2)cc1. The number of hydrogen-bond acceptors (Lipinski definition) is 3. The standard InChI is InChI=1S/C22H28N2O2/c1-3-4-5-6-7-18-23(2)21-14-10-19(11-15-21)8-9-20-12-16-22(17-13-20)24(25)26/h8-17H,3-7,18H2,1-2H3/b9-8+. The van der Waals surface area contributed by atoms with E-state index in [1.807, 2.05) is 12.2 Å². The summed E-state index contributed by atoms with van der Waals surface area (Å²) < 4.78 is 0. The van der Waals surface area contributed by atoms with Crippen molar-refractivity contribution in [2.45, 2.75) is 39.0 Å². The Morgan fingerprint density at radius 2 is 1.42 bits per heavy atom. The normalized spacial score (nSPS) is 11.0. The van der Waals surface area contributed by atoms with Crippen LogP contribution in [0.2, 0.25) is 0 Å². The monoisotopic (exact) mass is 352 g/mol. The van der Waals surface area contributed by atoms with Gasteiger partial charge in [0.2, 0.25) is 0 Å². The molecule has 2 rings (SSSR count). The summed E-state index contributed by atoms with van der Waals surface area (Å²) >= 11 is 0. The Balaban J connectivity index is 1.87. The highest BCUT2D eigenvalue weighted by Crippen LogP contribution is 2.18. The van der Waals surface area contributed by atoms with Gasteiger partial charge in [0.25, 0.3) is 5.69 Å². The quantitative estimate of drug-likeness (QED) is 0.222. The Labute approximate surface area is 156 Å². The summed E-state index contributed by atoms with van der Waals surface area (Å²) in [6.07, 6.45) is 10.5. The number of nitro groups is 1. The van der Waals surface area contributed by atoms with Gasteiger partial charge in [0.1, 0.15) is 0 Å². The average Bonchev–Trinajstić information content (AvgIpc) is 2.66. The Hall–Kier alpha value is -2.62. The highest BCUT2D eigenvalue weighted by Gasteiger charge is 2.03. The van der Waals surface area contributed by atoms with Crippen molar-refractivity contribution in [3.63, 3.8) is 0 Å². The molecule has 0 aromatic heterocycles. The van der Waals surface area contributed by atoms with Crippen molar-refractivity contribution in [2.75, 3.05) is 18.5 Å². The Kier molecular flexibility index (Phi) is 7.87. The molecule has 0 spiro atoms. The number of nitrogens with zero attached hydrogens (tertiary/aromatic N) is 2. The Bertz CT molecular complexity index is 706. The number of non-ortho nitro benzene ring substituents is 1. The van der Waals surface area contributed by atoms with Crippen molar-refractivity contribution in [2.24, 2.45) is 0 Å². The lowest BCUT2D eigenvalue weighted by Crippen LogP contribution is -2.18. The summed E-state index contributed by atoms with van der Waals surface area (Å²) in [6.45, 7) is 3.32. The minimum absolute atomic E-state index is 0.115. The fourth-order valence-electron chi connectivity index (χ4n) is 2.82. The lowest BCUT2D eigenvalue weighted by Gasteiger charge is -2.19. The van der Waals surface area contributed by atoms with Crippen LogP contribution >= 0.6 is 0 Å². The molecule has 0 aliphatic carbocycles. The summed E-state index contributed by atoms with van der Waals surface area (Å²) in [6, 6.07) is 15.1. The molecule has 4 nitrogen and oxygen atoms in total. The smallest absolute Gasteiger partial charge is 0.269 e. The maximum atomic E-state index is 10.7. The van der Waals surface area contributed by atoms with Crippen molar-refractivity contribution < 1.29 is 4.92 Å². The second-order valence-corrected chi connectivity index (χ2v) is 6.61. The fourth-order valence-corrected chi connectivity index (χ4v) is 2.82. The van der Waals surface area contributed by atoms with Gasteiger partial charge in [-0.3, -0.25) is 10.1 Å². The zero-order valence-electron chi connectivity index (χ0n) is 15.7. The average molecular weight is 352 g/mol. The van der Waals surface area contributed by atoms with Crippen LogP contribution in [0.4, 0.5) is 11.4 Å². The number of unbranched alkanes of at least 4 members (excludes halogenated alkanes) is 4. The van der Waals surface area contributed by atoms with E-state index in [0.717, 1.165) is 17.7 Å². The molecule has 0 aliphatic heterocycles. The molecule has 0 atom stereocenters. The molecule has 0 unspecified atom stereocenters. The predicted molar refractivity (Wildman–Crippen MR) is 110 cm³/mol. The van der Waals surface area contributed by atoms with E-state index >= 15 is 0 Å². The Morgan fingerprint density at radius 3 is 1.96 bits per heavy atom. The molecule has 2 aromatic rings. The molecule has 0 saturated heterocycles. The largest absolute Gasteiger partial charge is 0.375 e. The molecular weight excluding hydrogens is 324 g/mol. The second-order valence-electron chi connectivity index (χ2n) is 6.61. The molecule has 0 amide bonds. The first-order valence-electron chi connectivity index (χ1n) is 9.34. The van der Waals surface area contributed by atoms with Gasteiger partial charge in [-0.25, -0.2) is 0 Å². The first-order valence-corrected chi connectivity index (χ1v) is 9.34. The van der Waals surface area contributed by atoms with Gasteiger partial charge >= 0.3 is 0 Å². The van der Waals surface area contributed by atoms with Gasteiger partial charge in [-0.05, 0) is 41.8 Å². The van der Waals surface area contributed by atoms with Crippen molar-refractivity contribution in [1.82, 2.24) is 0 Å².